The SMILES string of the molecule is COc1ccc(SC(C)C(=O)NCC2CCCCC2)cc1. The number of hydrogen-bond donors (Lipinski definition) is 1. The van der Waals surface area contributed by atoms with Crippen molar-refractivity contribution in [3.63, 3.8) is 0 Å². The van der Waals surface area contributed by atoms with Crippen LogP contribution < -0.4 is 10.1 Å². The van der Waals surface area contributed by atoms with Crippen LogP contribution in [-0.2, 0) is 4.79 Å². The normalized spacial score (nSPS) is 17.2. The summed E-state index contributed by atoms with van der Waals surface area (Å²) in [6.45, 7) is 2.80. The van der Waals surface area contributed by atoms with Gasteiger partial charge in [-0.3, -0.25) is 4.79 Å². The Morgan fingerprint density at radius 2 is 1.95 bits per heavy atom. The van der Waals surface area contributed by atoms with E-state index in [0.29, 0.717) is 5.92 Å². The Kier molecular flexibility index (Phi) is 6.43. The van der Waals surface area contributed by atoms with Gasteiger partial charge in [0.25, 0.3) is 0 Å². The zero-order chi connectivity index (χ0) is 15.1. The first kappa shape index (κ1) is 16.2. The highest BCUT2D eigenvalue weighted by molar-refractivity contribution is 8.00. The second-order valence-corrected chi connectivity index (χ2v) is 7.10. The molecule has 1 unspecified atom stereocenters. The van der Waals surface area contributed by atoms with Crippen LogP contribution in [0.3, 0.4) is 0 Å². The maximum absolute atomic E-state index is 12.2. The van der Waals surface area contributed by atoms with Gasteiger partial charge in [-0.2, -0.15) is 0 Å². The van der Waals surface area contributed by atoms with Crippen LogP contribution >= 0.6 is 11.8 Å². The monoisotopic (exact) mass is 307 g/mol. The quantitative estimate of drug-likeness (QED) is 0.811. The fourth-order valence-corrected chi connectivity index (χ4v) is 3.58. The molecule has 4 heteroatoms. The molecule has 1 aliphatic rings. The second kappa shape index (κ2) is 8.32. The van der Waals surface area contributed by atoms with E-state index in [1.54, 1.807) is 18.9 Å². The number of hydrogen-bond acceptors (Lipinski definition) is 3. The van der Waals surface area contributed by atoms with Gasteiger partial charge in [0.2, 0.25) is 5.91 Å². The van der Waals surface area contributed by atoms with E-state index in [9.17, 15) is 4.79 Å². The van der Waals surface area contributed by atoms with Gasteiger partial charge in [-0.15, -0.1) is 11.8 Å². The molecule has 1 aliphatic carbocycles. The highest BCUT2D eigenvalue weighted by Crippen LogP contribution is 2.26. The zero-order valence-corrected chi connectivity index (χ0v) is 13.7. The van der Waals surface area contributed by atoms with E-state index in [-0.39, 0.29) is 11.2 Å². The lowest BCUT2D eigenvalue weighted by Gasteiger charge is -2.22. The van der Waals surface area contributed by atoms with Crippen molar-refractivity contribution in [3.8, 4) is 5.75 Å². The number of amides is 1. The number of nitrogens with one attached hydrogen (secondary N) is 1. The average molecular weight is 307 g/mol. The Morgan fingerprint density at radius 1 is 1.29 bits per heavy atom. The fraction of sp³-hybridized carbons (Fsp3) is 0.588. The molecule has 0 aliphatic heterocycles. The number of ether oxygens (including phenoxy) is 1. The van der Waals surface area contributed by atoms with Crippen LogP contribution in [0.5, 0.6) is 5.75 Å². The molecule has 21 heavy (non-hydrogen) atoms. The van der Waals surface area contributed by atoms with Crippen molar-refractivity contribution in [2.24, 2.45) is 5.92 Å². The van der Waals surface area contributed by atoms with Crippen LogP contribution in [0.1, 0.15) is 39.0 Å². The Labute approximate surface area is 131 Å². The van der Waals surface area contributed by atoms with E-state index in [1.165, 1.54) is 32.1 Å². The van der Waals surface area contributed by atoms with Gasteiger partial charge >= 0.3 is 0 Å². The molecular weight excluding hydrogens is 282 g/mol. The summed E-state index contributed by atoms with van der Waals surface area (Å²) in [5, 5.41) is 3.04. The van der Waals surface area contributed by atoms with Crippen LogP contribution in [0.2, 0.25) is 0 Å². The third-order valence-corrected chi connectivity index (χ3v) is 5.14. The van der Waals surface area contributed by atoms with Crippen LogP contribution in [0.25, 0.3) is 0 Å². The molecule has 0 saturated heterocycles. The molecule has 1 fully saturated rings. The molecule has 1 aromatic carbocycles. The van der Waals surface area contributed by atoms with Gasteiger partial charge < -0.3 is 10.1 Å². The third-order valence-electron chi connectivity index (χ3n) is 4.03. The fourth-order valence-electron chi connectivity index (χ4n) is 2.69. The van der Waals surface area contributed by atoms with Crippen LogP contribution in [0.4, 0.5) is 0 Å². The van der Waals surface area contributed by atoms with E-state index >= 15 is 0 Å². The predicted molar refractivity (Wildman–Crippen MR) is 87.9 cm³/mol. The molecule has 1 amide bonds. The lowest BCUT2D eigenvalue weighted by molar-refractivity contribution is -0.120. The molecule has 1 N–H and O–H groups in total. The van der Waals surface area contributed by atoms with Crippen molar-refractivity contribution in [1.29, 1.82) is 0 Å². The maximum atomic E-state index is 12.2. The highest BCUT2D eigenvalue weighted by Gasteiger charge is 2.18. The Hall–Kier alpha value is -1.16. The Balaban J connectivity index is 1.75. The molecule has 0 bridgehead atoms. The van der Waals surface area contributed by atoms with E-state index in [4.69, 9.17) is 4.74 Å². The molecule has 1 saturated carbocycles. The smallest absolute Gasteiger partial charge is 0.233 e. The number of carbonyl (C=O) groups is 1. The summed E-state index contributed by atoms with van der Waals surface area (Å²) >= 11 is 1.59. The first-order valence-corrected chi connectivity index (χ1v) is 8.65. The van der Waals surface area contributed by atoms with Crippen molar-refractivity contribution in [2.45, 2.75) is 49.2 Å². The van der Waals surface area contributed by atoms with Gasteiger partial charge in [0.15, 0.2) is 0 Å². The molecule has 116 valence electrons. The number of benzene rings is 1. The first-order chi connectivity index (χ1) is 10.2. The highest BCUT2D eigenvalue weighted by atomic mass is 32.2. The van der Waals surface area contributed by atoms with Crippen molar-refractivity contribution < 1.29 is 9.53 Å². The van der Waals surface area contributed by atoms with Crippen LogP contribution in [0, 0.1) is 5.92 Å². The molecule has 0 aromatic heterocycles. The Morgan fingerprint density at radius 3 is 2.57 bits per heavy atom. The molecule has 1 atom stereocenters. The van der Waals surface area contributed by atoms with Crippen LogP contribution in [-0.4, -0.2) is 24.8 Å². The number of thioether (sulfide) groups is 1. The molecular formula is C17H25NO2S. The summed E-state index contributed by atoms with van der Waals surface area (Å²) in [6.07, 6.45) is 6.52. The summed E-state index contributed by atoms with van der Waals surface area (Å²) < 4.78 is 5.14. The maximum Gasteiger partial charge on any atom is 0.233 e. The van der Waals surface area contributed by atoms with Crippen molar-refractivity contribution >= 4 is 17.7 Å². The molecule has 1 aromatic rings. The van der Waals surface area contributed by atoms with Crippen molar-refractivity contribution in [1.82, 2.24) is 5.32 Å². The van der Waals surface area contributed by atoms with Gasteiger partial charge in [-0.1, -0.05) is 19.3 Å². The number of methoxy groups -OCH3 is 1. The summed E-state index contributed by atoms with van der Waals surface area (Å²) in [5.74, 6) is 1.66. The van der Waals surface area contributed by atoms with E-state index < -0.39 is 0 Å². The minimum atomic E-state index is -0.0676. The topological polar surface area (TPSA) is 38.3 Å². The van der Waals surface area contributed by atoms with E-state index in [2.05, 4.69) is 5.32 Å². The van der Waals surface area contributed by atoms with Crippen molar-refractivity contribution in [3.05, 3.63) is 24.3 Å². The summed E-state index contributed by atoms with van der Waals surface area (Å²) in [7, 11) is 1.66. The third kappa shape index (κ3) is 5.27. The average Bonchev–Trinajstić information content (AvgIpc) is 2.54. The molecule has 2 rings (SSSR count). The summed E-state index contributed by atoms with van der Waals surface area (Å²) in [4.78, 5) is 13.3. The van der Waals surface area contributed by atoms with Gasteiger partial charge in [0, 0.05) is 11.4 Å². The second-order valence-electron chi connectivity index (χ2n) is 5.68. The standard InChI is InChI=1S/C17H25NO2S/c1-13(21-16-10-8-15(20-2)9-11-16)17(19)18-12-14-6-4-3-5-7-14/h8-11,13-14H,3-7,12H2,1-2H3,(H,18,19). The molecule has 3 nitrogen and oxygen atoms in total. The van der Waals surface area contributed by atoms with Gasteiger partial charge in [-0.05, 0) is 49.9 Å². The van der Waals surface area contributed by atoms with E-state index in [1.807, 2.05) is 31.2 Å². The zero-order valence-electron chi connectivity index (χ0n) is 12.9. The van der Waals surface area contributed by atoms with Gasteiger partial charge in [0.1, 0.15) is 5.75 Å². The number of carbonyl (C=O) groups excluding carboxylic acids is 1. The molecule has 0 radical (unpaired) electrons. The molecule has 0 spiro atoms. The van der Waals surface area contributed by atoms with E-state index in [0.717, 1.165) is 17.2 Å². The van der Waals surface area contributed by atoms with Crippen LogP contribution in [0.15, 0.2) is 29.2 Å². The lowest BCUT2D eigenvalue weighted by atomic mass is 9.89. The minimum absolute atomic E-state index is 0.0676. The summed E-state index contributed by atoms with van der Waals surface area (Å²) in [6, 6.07) is 7.84. The van der Waals surface area contributed by atoms with Crippen molar-refractivity contribution in [2.75, 3.05) is 13.7 Å². The first-order valence-electron chi connectivity index (χ1n) is 7.77. The number of rotatable bonds is 6. The van der Waals surface area contributed by atoms with Gasteiger partial charge in [-0.25, -0.2) is 0 Å². The predicted octanol–water partition coefficient (Wildman–Crippen LogP) is 3.87. The Bertz CT molecular complexity index is 441. The summed E-state index contributed by atoms with van der Waals surface area (Å²) in [5.41, 5.74) is 0. The van der Waals surface area contributed by atoms with Gasteiger partial charge in [0.05, 0.1) is 12.4 Å². The molecule has 0 heterocycles. The lowest BCUT2D eigenvalue weighted by Crippen LogP contribution is -2.35. The largest absolute Gasteiger partial charge is 0.497 e. The minimum Gasteiger partial charge on any atom is -0.497 e.